The molecule has 0 fully saturated rings. The van der Waals surface area contributed by atoms with Gasteiger partial charge >= 0.3 is 5.97 Å². The maximum absolute atomic E-state index is 11.8. The van der Waals surface area contributed by atoms with Crippen LogP contribution in [0.1, 0.15) is 12.5 Å². The van der Waals surface area contributed by atoms with Gasteiger partial charge in [-0.25, -0.2) is 4.79 Å². The SMILES string of the molecule is CSCC(C)C(=O)NCc1cccc(OCC(=O)O)c1. The molecule has 0 aliphatic rings. The lowest BCUT2D eigenvalue weighted by Gasteiger charge is -2.11. The highest BCUT2D eigenvalue weighted by Gasteiger charge is 2.11. The molecular weight excluding hydrogens is 278 g/mol. The zero-order valence-corrected chi connectivity index (χ0v) is 12.4. The van der Waals surface area contributed by atoms with Gasteiger partial charge in [-0.1, -0.05) is 19.1 Å². The zero-order valence-electron chi connectivity index (χ0n) is 11.6. The van der Waals surface area contributed by atoms with E-state index in [0.29, 0.717) is 12.3 Å². The van der Waals surface area contributed by atoms with Crippen molar-refractivity contribution in [3.05, 3.63) is 29.8 Å². The number of thioether (sulfide) groups is 1. The van der Waals surface area contributed by atoms with E-state index >= 15 is 0 Å². The molecule has 0 aromatic heterocycles. The Bertz CT molecular complexity index is 464. The number of carbonyl (C=O) groups excluding carboxylic acids is 1. The molecule has 1 aromatic carbocycles. The monoisotopic (exact) mass is 297 g/mol. The van der Waals surface area contributed by atoms with Gasteiger partial charge in [-0.2, -0.15) is 11.8 Å². The van der Waals surface area contributed by atoms with Crippen LogP contribution in [0, 0.1) is 5.92 Å². The molecule has 1 amide bonds. The third-order valence-corrected chi connectivity index (χ3v) is 3.43. The van der Waals surface area contributed by atoms with Crippen molar-refractivity contribution in [1.82, 2.24) is 5.32 Å². The number of hydrogen-bond acceptors (Lipinski definition) is 4. The fourth-order valence-electron chi connectivity index (χ4n) is 1.58. The van der Waals surface area contributed by atoms with Crippen molar-refractivity contribution in [2.75, 3.05) is 18.6 Å². The summed E-state index contributed by atoms with van der Waals surface area (Å²) in [5, 5.41) is 11.4. The minimum absolute atomic E-state index is 0.0104. The van der Waals surface area contributed by atoms with E-state index in [-0.39, 0.29) is 18.4 Å². The van der Waals surface area contributed by atoms with E-state index in [2.05, 4.69) is 5.32 Å². The minimum atomic E-state index is -1.02. The predicted octanol–water partition coefficient (Wildman–Crippen LogP) is 1.77. The number of carboxylic acids is 1. The number of amides is 1. The maximum Gasteiger partial charge on any atom is 0.341 e. The summed E-state index contributed by atoms with van der Waals surface area (Å²) in [5.74, 6) is 0.228. The number of rotatable bonds is 8. The number of ether oxygens (including phenoxy) is 1. The standard InChI is InChI=1S/C14H19NO4S/c1-10(9-20-2)14(18)15-7-11-4-3-5-12(6-11)19-8-13(16)17/h3-6,10H,7-9H2,1-2H3,(H,15,18)(H,16,17). The fourth-order valence-corrected chi connectivity index (χ4v) is 2.23. The van der Waals surface area contributed by atoms with Gasteiger partial charge in [0.1, 0.15) is 5.75 Å². The van der Waals surface area contributed by atoms with Crippen molar-refractivity contribution in [3.63, 3.8) is 0 Å². The van der Waals surface area contributed by atoms with Gasteiger partial charge in [-0.05, 0) is 24.0 Å². The van der Waals surface area contributed by atoms with Gasteiger partial charge in [0.2, 0.25) is 5.91 Å². The molecule has 1 atom stereocenters. The van der Waals surface area contributed by atoms with E-state index in [1.165, 1.54) is 0 Å². The largest absolute Gasteiger partial charge is 0.482 e. The first-order valence-electron chi connectivity index (χ1n) is 6.23. The number of aliphatic carboxylic acids is 1. The lowest BCUT2D eigenvalue weighted by atomic mass is 10.2. The van der Waals surface area contributed by atoms with Crippen LogP contribution in [-0.2, 0) is 16.1 Å². The molecular formula is C14H19NO4S. The first kappa shape index (κ1) is 16.4. The Labute approximate surface area is 122 Å². The molecule has 1 rings (SSSR count). The smallest absolute Gasteiger partial charge is 0.341 e. The normalized spacial score (nSPS) is 11.7. The second-order valence-corrected chi connectivity index (χ2v) is 5.31. The quantitative estimate of drug-likeness (QED) is 0.765. The number of carboxylic acid groups (broad SMARTS) is 1. The molecule has 0 spiro atoms. The van der Waals surface area contributed by atoms with Gasteiger partial charge in [0.25, 0.3) is 0 Å². The molecule has 0 saturated heterocycles. The summed E-state index contributed by atoms with van der Waals surface area (Å²) in [6.45, 7) is 1.92. The van der Waals surface area contributed by atoms with Crippen LogP contribution in [0.3, 0.4) is 0 Å². The fraction of sp³-hybridized carbons (Fsp3) is 0.429. The number of benzene rings is 1. The Balaban J connectivity index is 2.49. The molecule has 110 valence electrons. The van der Waals surface area contributed by atoms with E-state index in [1.54, 1.807) is 30.0 Å². The highest BCUT2D eigenvalue weighted by atomic mass is 32.2. The highest BCUT2D eigenvalue weighted by molar-refractivity contribution is 7.98. The second kappa shape index (κ2) is 8.47. The Morgan fingerprint density at radius 2 is 2.20 bits per heavy atom. The minimum Gasteiger partial charge on any atom is -0.482 e. The summed E-state index contributed by atoms with van der Waals surface area (Å²) in [4.78, 5) is 22.2. The van der Waals surface area contributed by atoms with Crippen molar-refractivity contribution >= 4 is 23.6 Å². The predicted molar refractivity (Wildman–Crippen MR) is 79.0 cm³/mol. The summed E-state index contributed by atoms with van der Waals surface area (Å²) >= 11 is 1.64. The van der Waals surface area contributed by atoms with Gasteiger partial charge in [0, 0.05) is 18.2 Å². The molecule has 5 nitrogen and oxygen atoms in total. The highest BCUT2D eigenvalue weighted by Crippen LogP contribution is 2.13. The molecule has 0 heterocycles. The first-order chi connectivity index (χ1) is 9.52. The summed E-state index contributed by atoms with van der Waals surface area (Å²) in [6, 6.07) is 7.03. The summed E-state index contributed by atoms with van der Waals surface area (Å²) in [7, 11) is 0. The maximum atomic E-state index is 11.8. The molecule has 2 N–H and O–H groups in total. The first-order valence-corrected chi connectivity index (χ1v) is 7.62. The van der Waals surface area contributed by atoms with Gasteiger partial charge < -0.3 is 15.2 Å². The lowest BCUT2D eigenvalue weighted by molar-refractivity contribution is -0.139. The van der Waals surface area contributed by atoms with E-state index in [4.69, 9.17) is 9.84 Å². The van der Waals surface area contributed by atoms with Crippen molar-refractivity contribution in [1.29, 1.82) is 0 Å². The molecule has 0 aliphatic heterocycles. The molecule has 20 heavy (non-hydrogen) atoms. The summed E-state index contributed by atoms with van der Waals surface area (Å²) < 4.78 is 5.09. The van der Waals surface area contributed by atoms with Crippen LogP contribution in [0.25, 0.3) is 0 Å². The van der Waals surface area contributed by atoms with Crippen molar-refractivity contribution < 1.29 is 19.4 Å². The third kappa shape index (κ3) is 5.97. The van der Waals surface area contributed by atoms with Crippen LogP contribution < -0.4 is 10.1 Å². The van der Waals surface area contributed by atoms with E-state index in [0.717, 1.165) is 11.3 Å². The van der Waals surface area contributed by atoms with Crippen LogP contribution in [-0.4, -0.2) is 35.6 Å². The van der Waals surface area contributed by atoms with Crippen molar-refractivity contribution in [2.45, 2.75) is 13.5 Å². The van der Waals surface area contributed by atoms with Gasteiger partial charge in [-0.3, -0.25) is 4.79 Å². The Morgan fingerprint density at radius 3 is 2.85 bits per heavy atom. The topological polar surface area (TPSA) is 75.6 Å². The molecule has 1 aromatic rings. The van der Waals surface area contributed by atoms with E-state index in [1.807, 2.05) is 19.2 Å². The van der Waals surface area contributed by atoms with E-state index in [9.17, 15) is 9.59 Å². The van der Waals surface area contributed by atoms with Crippen LogP contribution in [0.2, 0.25) is 0 Å². The average molecular weight is 297 g/mol. The van der Waals surface area contributed by atoms with Crippen LogP contribution in [0.15, 0.2) is 24.3 Å². The van der Waals surface area contributed by atoms with Crippen LogP contribution >= 0.6 is 11.8 Å². The summed E-state index contributed by atoms with van der Waals surface area (Å²) in [6.07, 6.45) is 1.97. The molecule has 0 bridgehead atoms. The van der Waals surface area contributed by atoms with E-state index < -0.39 is 5.97 Å². The third-order valence-electron chi connectivity index (χ3n) is 2.59. The number of nitrogens with one attached hydrogen (secondary N) is 1. The zero-order chi connectivity index (χ0) is 15.0. The molecule has 0 radical (unpaired) electrons. The molecule has 1 unspecified atom stereocenters. The Kier molecular flexibility index (Phi) is 6.93. The van der Waals surface area contributed by atoms with Crippen molar-refractivity contribution in [2.24, 2.45) is 5.92 Å². The molecule has 0 saturated carbocycles. The Morgan fingerprint density at radius 1 is 1.45 bits per heavy atom. The molecule has 6 heteroatoms. The van der Waals surface area contributed by atoms with Gasteiger partial charge in [0.15, 0.2) is 6.61 Å². The van der Waals surface area contributed by atoms with Crippen molar-refractivity contribution in [3.8, 4) is 5.75 Å². The van der Waals surface area contributed by atoms with Crippen LogP contribution in [0.5, 0.6) is 5.75 Å². The molecule has 0 aliphatic carbocycles. The number of hydrogen-bond donors (Lipinski definition) is 2. The second-order valence-electron chi connectivity index (χ2n) is 4.40. The van der Waals surface area contributed by atoms with Crippen LogP contribution in [0.4, 0.5) is 0 Å². The number of carbonyl (C=O) groups is 2. The Hall–Kier alpha value is -1.69. The summed E-state index contributed by atoms with van der Waals surface area (Å²) in [5.41, 5.74) is 0.873. The van der Waals surface area contributed by atoms with Gasteiger partial charge in [0.05, 0.1) is 0 Å². The van der Waals surface area contributed by atoms with Gasteiger partial charge in [-0.15, -0.1) is 0 Å². The average Bonchev–Trinajstić information content (AvgIpc) is 2.43. The lowest BCUT2D eigenvalue weighted by Crippen LogP contribution is -2.29.